The zero-order chi connectivity index (χ0) is 29.0. The Morgan fingerprint density at radius 3 is 2.20 bits per heavy atom. The number of morpholine rings is 1. The number of nitrogens with one attached hydrogen (secondary N) is 2. The van der Waals surface area contributed by atoms with E-state index in [0.29, 0.717) is 39.1 Å². The van der Waals surface area contributed by atoms with Gasteiger partial charge in [-0.05, 0) is 42.9 Å². The maximum atomic E-state index is 13.4. The highest BCUT2D eigenvalue weighted by Crippen LogP contribution is 2.13. The predicted octanol–water partition coefficient (Wildman–Crippen LogP) is 3.05. The molecule has 2 atom stereocenters. The highest BCUT2D eigenvalue weighted by molar-refractivity contribution is 7.94. The largest absolute Gasteiger partial charge is 0.432 e. The number of aryl methyl sites for hydroxylation is 1. The Bertz CT molecular complexity index is 1240. The third-order valence-corrected chi connectivity index (χ3v) is 7.67. The van der Waals surface area contributed by atoms with E-state index < -0.39 is 33.8 Å². The Hall–Kier alpha value is -3.70. The summed E-state index contributed by atoms with van der Waals surface area (Å²) in [6.07, 6.45) is 1.84. The van der Waals surface area contributed by atoms with Gasteiger partial charge in [-0.1, -0.05) is 62.4 Å². The van der Waals surface area contributed by atoms with Gasteiger partial charge in [0.25, 0.3) is 0 Å². The summed E-state index contributed by atoms with van der Waals surface area (Å²) < 4.78 is 35.5. The van der Waals surface area contributed by atoms with Crippen molar-refractivity contribution in [2.45, 2.75) is 50.1 Å². The fourth-order valence-electron chi connectivity index (χ4n) is 4.13. The molecular weight excluding hydrogens is 534 g/mol. The number of carbonyl (C=O) groups is 3. The van der Waals surface area contributed by atoms with Gasteiger partial charge in [-0.15, -0.1) is 0 Å². The van der Waals surface area contributed by atoms with Crippen molar-refractivity contribution in [1.82, 2.24) is 15.5 Å². The summed E-state index contributed by atoms with van der Waals surface area (Å²) >= 11 is 0. The molecule has 1 saturated heterocycles. The highest BCUT2D eigenvalue weighted by Gasteiger charge is 2.29. The molecule has 1 aliphatic rings. The van der Waals surface area contributed by atoms with Gasteiger partial charge in [0.05, 0.1) is 23.5 Å². The molecule has 40 heavy (non-hydrogen) atoms. The number of hydrogen-bond acceptors (Lipinski definition) is 7. The van der Waals surface area contributed by atoms with Gasteiger partial charge in [0.2, 0.25) is 15.7 Å². The number of ether oxygens (including phenoxy) is 2. The molecule has 3 rings (SSSR count). The minimum absolute atomic E-state index is 0.0590. The maximum Gasteiger partial charge on any atom is 0.333 e. The molecule has 0 spiro atoms. The minimum Gasteiger partial charge on any atom is -0.432 e. The first-order chi connectivity index (χ1) is 19.2. The monoisotopic (exact) mass is 571 g/mol. The molecule has 2 aromatic rings. The Kier molecular flexibility index (Phi) is 11.7. The number of urea groups is 1. The van der Waals surface area contributed by atoms with E-state index in [-0.39, 0.29) is 23.3 Å². The van der Waals surface area contributed by atoms with Crippen molar-refractivity contribution in [3.05, 3.63) is 77.9 Å². The first kappa shape index (κ1) is 30.8. The summed E-state index contributed by atoms with van der Waals surface area (Å²) in [4.78, 5) is 40.8. The van der Waals surface area contributed by atoms with Crippen LogP contribution in [0.2, 0.25) is 0 Å². The van der Waals surface area contributed by atoms with Crippen LogP contribution >= 0.6 is 0 Å². The van der Waals surface area contributed by atoms with Crippen LogP contribution in [-0.2, 0) is 35.3 Å². The zero-order valence-electron chi connectivity index (χ0n) is 22.8. The average Bonchev–Trinajstić information content (AvgIpc) is 2.95. The van der Waals surface area contributed by atoms with Crippen molar-refractivity contribution >= 4 is 27.7 Å². The van der Waals surface area contributed by atoms with Crippen LogP contribution in [0.25, 0.3) is 0 Å². The third kappa shape index (κ3) is 9.80. The molecule has 10 nitrogen and oxygen atoms in total. The van der Waals surface area contributed by atoms with Gasteiger partial charge in [-0.25, -0.2) is 18.0 Å². The van der Waals surface area contributed by atoms with Crippen LogP contribution in [0.15, 0.2) is 77.2 Å². The lowest BCUT2D eigenvalue weighted by Gasteiger charge is -2.30. The van der Waals surface area contributed by atoms with E-state index in [2.05, 4.69) is 10.6 Å². The molecule has 0 bridgehead atoms. The standard InChI is InChI=1S/C29H37N3O7S/c1-22(2)21-26(31-29(35)32-15-17-38-18-16-32)27(33)30-25(14-13-23-9-5-3-6-10-23)28(34)39-19-20-40(36,37)24-11-7-4-8-12-24/h3-12,19-20,22,25-26H,13-18,21H2,1-2H3,(H,30,33)(H,31,35)/b20-19+/t25-,26-/m0/s1. The number of benzene rings is 2. The molecule has 1 fully saturated rings. The molecule has 11 heteroatoms. The molecule has 2 aromatic carbocycles. The van der Waals surface area contributed by atoms with E-state index in [0.717, 1.165) is 17.2 Å². The third-order valence-electron chi connectivity index (χ3n) is 6.28. The van der Waals surface area contributed by atoms with Crippen molar-refractivity contribution in [1.29, 1.82) is 0 Å². The van der Waals surface area contributed by atoms with Crippen molar-refractivity contribution in [2.24, 2.45) is 5.92 Å². The lowest BCUT2D eigenvalue weighted by molar-refractivity contribution is -0.143. The Morgan fingerprint density at radius 2 is 1.57 bits per heavy atom. The van der Waals surface area contributed by atoms with Crippen LogP contribution in [0, 0.1) is 5.92 Å². The van der Waals surface area contributed by atoms with Crippen LogP contribution in [0.4, 0.5) is 4.79 Å². The summed E-state index contributed by atoms with van der Waals surface area (Å²) in [5.41, 5.74) is 0.955. The van der Waals surface area contributed by atoms with Gasteiger partial charge in [0.15, 0.2) is 0 Å². The second-order valence-electron chi connectivity index (χ2n) is 9.88. The SMILES string of the molecule is CC(C)C[C@H](NC(=O)N1CCOCC1)C(=O)N[C@@H](CCc1ccccc1)C(=O)O/C=C/S(=O)(=O)c1ccccc1. The molecule has 0 aliphatic carbocycles. The predicted molar refractivity (Wildman–Crippen MR) is 150 cm³/mol. The van der Waals surface area contributed by atoms with E-state index in [1.807, 2.05) is 44.2 Å². The Morgan fingerprint density at radius 1 is 0.950 bits per heavy atom. The number of carbonyl (C=O) groups excluding carboxylic acids is 3. The second-order valence-corrected chi connectivity index (χ2v) is 11.7. The number of amides is 3. The van der Waals surface area contributed by atoms with E-state index in [4.69, 9.17) is 9.47 Å². The minimum atomic E-state index is -3.82. The van der Waals surface area contributed by atoms with Gasteiger partial charge >= 0.3 is 12.0 Å². The van der Waals surface area contributed by atoms with Gasteiger partial charge in [-0.2, -0.15) is 0 Å². The number of hydrogen-bond donors (Lipinski definition) is 2. The van der Waals surface area contributed by atoms with Crippen molar-refractivity contribution in [3.8, 4) is 0 Å². The van der Waals surface area contributed by atoms with Crippen LogP contribution < -0.4 is 10.6 Å². The average molecular weight is 572 g/mol. The quantitative estimate of drug-likeness (QED) is 0.296. The van der Waals surface area contributed by atoms with Gasteiger partial charge < -0.3 is 25.0 Å². The summed E-state index contributed by atoms with van der Waals surface area (Å²) in [5.74, 6) is -1.25. The first-order valence-corrected chi connectivity index (χ1v) is 14.8. The molecule has 0 aromatic heterocycles. The van der Waals surface area contributed by atoms with Gasteiger partial charge in [-0.3, -0.25) is 4.79 Å². The van der Waals surface area contributed by atoms with Crippen molar-refractivity contribution in [3.63, 3.8) is 0 Å². The van der Waals surface area contributed by atoms with Crippen LogP contribution in [0.1, 0.15) is 32.3 Å². The van der Waals surface area contributed by atoms with E-state index in [1.165, 1.54) is 12.1 Å². The van der Waals surface area contributed by atoms with Crippen LogP contribution in [-0.4, -0.2) is 69.6 Å². The molecule has 216 valence electrons. The van der Waals surface area contributed by atoms with Crippen molar-refractivity contribution in [2.75, 3.05) is 26.3 Å². The van der Waals surface area contributed by atoms with Gasteiger partial charge in [0.1, 0.15) is 18.3 Å². The fraction of sp³-hybridized carbons (Fsp3) is 0.414. The summed E-state index contributed by atoms with van der Waals surface area (Å²) in [7, 11) is -3.82. The zero-order valence-corrected chi connectivity index (χ0v) is 23.6. The smallest absolute Gasteiger partial charge is 0.333 e. The molecule has 2 N–H and O–H groups in total. The van der Waals surface area contributed by atoms with Crippen molar-refractivity contribution < 1.29 is 32.3 Å². The summed E-state index contributed by atoms with van der Waals surface area (Å²) in [6, 6.07) is 14.8. The second kappa shape index (κ2) is 15.2. The summed E-state index contributed by atoms with van der Waals surface area (Å²) in [5, 5.41) is 6.32. The number of rotatable bonds is 12. The van der Waals surface area contributed by atoms with E-state index in [1.54, 1.807) is 23.1 Å². The number of esters is 1. The molecule has 1 aliphatic heterocycles. The molecule has 3 amide bonds. The van der Waals surface area contributed by atoms with Crippen LogP contribution in [0.5, 0.6) is 0 Å². The number of nitrogens with zero attached hydrogens (tertiary/aromatic N) is 1. The molecule has 0 unspecified atom stereocenters. The topological polar surface area (TPSA) is 131 Å². The first-order valence-electron chi connectivity index (χ1n) is 13.3. The Balaban J connectivity index is 1.71. The number of sulfone groups is 1. The molecule has 0 saturated carbocycles. The fourth-order valence-corrected chi connectivity index (χ4v) is 5.02. The lowest BCUT2D eigenvalue weighted by atomic mass is 10.0. The summed E-state index contributed by atoms with van der Waals surface area (Å²) in [6.45, 7) is 5.56. The molecule has 1 heterocycles. The lowest BCUT2D eigenvalue weighted by Crippen LogP contribution is -2.56. The highest BCUT2D eigenvalue weighted by atomic mass is 32.2. The maximum absolute atomic E-state index is 13.4. The molecule has 0 radical (unpaired) electrons. The van der Waals surface area contributed by atoms with E-state index >= 15 is 0 Å². The van der Waals surface area contributed by atoms with Gasteiger partial charge in [0, 0.05) is 13.1 Å². The normalized spacial score (nSPS) is 15.4. The van der Waals surface area contributed by atoms with Crippen LogP contribution in [0.3, 0.4) is 0 Å². The molecular formula is C29H37N3O7S. The van der Waals surface area contributed by atoms with E-state index in [9.17, 15) is 22.8 Å². The Labute approximate surface area is 235 Å².